The van der Waals surface area contributed by atoms with Crippen LogP contribution >= 0.6 is 0 Å². The highest BCUT2D eigenvalue weighted by molar-refractivity contribution is 7.86. The average Bonchev–Trinajstić information content (AvgIpc) is 3.20. The zero-order valence-corrected chi connectivity index (χ0v) is 20.9. The van der Waals surface area contributed by atoms with Crippen LogP contribution in [-0.2, 0) is 23.8 Å². The molecule has 1 N–H and O–H groups in total. The predicted octanol–water partition coefficient (Wildman–Crippen LogP) is 3.40. The summed E-state index contributed by atoms with van der Waals surface area (Å²) >= 11 is 0. The Hall–Kier alpha value is -3.32. The maximum absolute atomic E-state index is 15.3. The zero-order valence-electron chi connectivity index (χ0n) is 20.1. The van der Waals surface area contributed by atoms with Gasteiger partial charge in [-0.15, -0.1) is 0 Å². The fraction of sp³-hybridized carbons (Fsp3) is 0.417. The summed E-state index contributed by atoms with van der Waals surface area (Å²) in [4.78, 5) is 25.0. The van der Waals surface area contributed by atoms with E-state index in [2.05, 4.69) is 5.32 Å². The van der Waals surface area contributed by atoms with Crippen LogP contribution in [0.1, 0.15) is 25.3 Å². The molecular weight excluding hydrogens is 515 g/mol. The van der Waals surface area contributed by atoms with Gasteiger partial charge in [0.25, 0.3) is 10.1 Å². The average molecular weight is 542 g/mol. The molecule has 2 aliphatic rings. The number of hydrogen-bond donors (Lipinski definition) is 1. The van der Waals surface area contributed by atoms with Crippen molar-refractivity contribution in [2.75, 3.05) is 29.4 Å². The molecule has 200 valence electrons. The normalized spacial score (nSPS) is 22.2. The third kappa shape index (κ3) is 5.82. The number of aryl methyl sites for hydroxylation is 1. The molecule has 2 fully saturated rings. The van der Waals surface area contributed by atoms with E-state index in [0.717, 1.165) is 27.5 Å². The van der Waals surface area contributed by atoms with Gasteiger partial charge in [0.05, 0.1) is 23.7 Å². The summed E-state index contributed by atoms with van der Waals surface area (Å²) < 4.78 is 81.4. The first kappa shape index (κ1) is 26.7. The number of hydrogen-bond acceptors (Lipinski definition) is 7. The summed E-state index contributed by atoms with van der Waals surface area (Å²) in [6, 6.07) is 7.46. The molecule has 2 unspecified atom stereocenters. The molecule has 13 heteroatoms. The second-order valence-electron chi connectivity index (χ2n) is 8.92. The van der Waals surface area contributed by atoms with Crippen LogP contribution in [0.4, 0.5) is 29.3 Å². The van der Waals surface area contributed by atoms with Gasteiger partial charge in [-0.05, 0) is 31.9 Å². The summed E-state index contributed by atoms with van der Waals surface area (Å²) in [6.45, 7) is 2.96. The number of ether oxygens (including phenoxy) is 1. The van der Waals surface area contributed by atoms with Crippen molar-refractivity contribution in [3.8, 4) is 0 Å². The summed E-state index contributed by atoms with van der Waals surface area (Å²) in [5, 5.41) is 2.50. The van der Waals surface area contributed by atoms with E-state index in [4.69, 9.17) is 8.92 Å². The van der Waals surface area contributed by atoms with Crippen molar-refractivity contribution in [2.24, 2.45) is 0 Å². The first-order valence-corrected chi connectivity index (χ1v) is 13.0. The van der Waals surface area contributed by atoms with Crippen LogP contribution in [0.15, 0.2) is 41.3 Å². The SMILES string of the molecule is CC(=O)NCC1CN(c2cc(F)c(N3CCC[C@H](F)C3OS(=O)(=O)c3ccc(C)cc3)c(F)c2)C(=O)O1. The smallest absolute Gasteiger partial charge is 0.414 e. The van der Waals surface area contributed by atoms with E-state index >= 15 is 8.78 Å². The van der Waals surface area contributed by atoms with E-state index in [1.54, 1.807) is 19.1 Å². The van der Waals surface area contributed by atoms with Gasteiger partial charge < -0.3 is 15.0 Å². The molecule has 0 aliphatic carbocycles. The van der Waals surface area contributed by atoms with Crippen molar-refractivity contribution >= 4 is 33.5 Å². The molecule has 9 nitrogen and oxygen atoms in total. The molecule has 0 aromatic heterocycles. The molecule has 2 aromatic carbocycles. The van der Waals surface area contributed by atoms with Crippen LogP contribution in [0.5, 0.6) is 0 Å². The van der Waals surface area contributed by atoms with E-state index < -0.39 is 52.0 Å². The van der Waals surface area contributed by atoms with Gasteiger partial charge in [0.1, 0.15) is 18.0 Å². The number of benzene rings is 2. The Morgan fingerprint density at radius 1 is 1.19 bits per heavy atom. The second kappa shape index (κ2) is 10.6. The number of halogens is 3. The van der Waals surface area contributed by atoms with Crippen molar-refractivity contribution < 1.29 is 40.1 Å². The standard InChI is InChI=1S/C24H26F3N3O6S/c1-14-5-7-18(8-6-14)37(33,34)36-23-19(25)4-3-9-29(23)22-20(26)10-16(11-21(22)27)30-13-17(35-24(30)32)12-28-15(2)31/h5-8,10-11,17,19,23H,3-4,9,12-13H2,1-2H3,(H,28,31)/t17?,19-,23?/m0/s1. The number of amides is 2. The fourth-order valence-corrected chi connectivity index (χ4v) is 5.31. The first-order valence-electron chi connectivity index (χ1n) is 11.6. The number of nitrogens with one attached hydrogen (secondary N) is 1. The number of carbonyl (C=O) groups is 2. The lowest BCUT2D eigenvalue weighted by molar-refractivity contribution is -0.119. The lowest BCUT2D eigenvalue weighted by atomic mass is 10.1. The summed E-state index contributed by atoms with van der Waals surface area (Å²) in [7, 11) is -4.45. The Balaban J connectivity index is 1.59. The lowest BCUT2D eigenvalue weighted by Crippen LogP contribution is -2.50. The summed E-state index contributed by atoms with van der Waals surface area (Å²) in [5.41, 5.74) is -0.0145. The van der Waals surface area contributed by atoms with Gasteiger partial charge in [-0.3, -0.25) is 9.69 Å². The molecule has 3 atom stereocenters. The minimum absolute atomic E-state index is 0.0285. The van der Waals surface area contributed by atoms with E-state index in [1.807, 2.05) is 0 Å². The molecular formula is C24H26F3N3O6S. The van der Waals surface area contributed by atoms with Gasteiger partial charge in [0.15, 0.2) is 17.9 Å². The van der Waals surface area contributed by atoms with Gasteiger partial charge in [0, 0.05) is 25.6 Å². The number of anilines is 2. The molecule has 2 aliphatic heterocycles. The molecule has 0 bridgehead atoms. The number of nitrogens with zero attached hydrogens (tertiary/aromatic N) is 2. The number of cyclic esters (lactones) is 1. The molecule has 0 spiro atoms. The van der Waals surface area contributed by atoms with Crippen LogP contribution in [0.2, 0.25) is 0 Å². The fourth-order valence-electron chi connectivity index (χ4n) is 4.24. The number of piperidine rings is 1. The topological polar surface area (TPSA) is 105 Å². The van der Waals surface area contributed by atoms with Crippen LogP contribution in [0.3, 0.4) is 0 Å². The molecule has 37 heavy (non-hydrogen) atoms. The van der Waals surface area contributed by atoms with Gasteiger partial charge in [-0.1, -0.05) is 17.7 Å². The van der Waals surface area contributed by atoms with Crippen LogP contribution < -0.4 is 15.1 Å². The molecule has 2 aromatic rings. The lowest BCUT2D eigenvalue weighted by Gasteiger charge is -2.38. The maximum Gasteiger partial charge on any atom is 0.414 e. The van der Waals surface area contributed by atoms with E-state index in [1.165, 1.54) is 19.1 Å². The van der Waals surface area contributed by atoms with E-state index in [9.17, 15) is 22.4 Å². The highest BCUT2D eigenvalue weighted by atomic mass is 32.2. The Morgan fingerprint density at radius 3 is 2.46 bits per heavy atom. The molecule has 0 radical (unpaired) electrons. The van der Waals surface area contributed by atoms with Crippen molar-refractivity contribution in [1.82, 2.24) is 5.32 Å². The quantitative estimate of drug-likeness (QED) is 0.536. The monoisotopic (exact) mass is 541 g/mol. The zero-order chi connectivity index (χ0) is 26.9. The second-order valence-corrected chi connectivity index (χ2v) is 10.5. The van der Waals surface area contributed by atoms with Crippen molar-refractivity contribution in [3.63, 3.8) is 0 Å². The van der Waals surface area contributed by atoms with E-state index in [-0.39, 0.29) is 49.0 Å². The molecule has 4 rings (SSSR count). The Bertz CT molecular complexity index is 1270. The molecule has 0 saturated carbocycles. The summed E-state index contributed by atoms with van der Waals surface area (Å²) in [6.07, 6.45) is -5.06. The third-order valence-corrected chi connectivity index (χ3v) is 7.38. The molecule has 2 heterocycles. The maximum atomic E-state index is 15.3. The van der Waals surface area contributed by atoms with Crippen molar-refractivity contribution in [2.45, 2.75) is 50.1 Å². The Labute approximate surface area is 212 Å². The van der Waals surface area contributed by atoms with Crippen LogP contribution in [0.25, 0.3) is 0 Å². The Morgan fingerprint density at radius 2 is 1.84 bits per heavy atom. The third-order valence-electron chi connectivity index (χ3n) is 6.08. The molecule has 2 saturated heterocycles. The number of carbonyl (C=O) groups excluding carboxylic acids is 2. The largest absolute Gasteiger partial charge is 0.442 e. The number of rotatable bonds is 7. The molecule has 2 amide bonds. The van der Waals surface area contributed by atoms with Crippen LogP contribution in [-0.4, -0.2) is 58.6 Å². The van der Waals surface area contributed by atoms with Gasteiger partial charge >= 0.3 is 6.09 Å². The van der Waals surface area contributed by atoms with Gasteiger partial charge in [-0.25, -0.2) is 22.1 Å². The minimum Gasteiger partial charge on any atom is -0.442 e. The highest BCUT2D eigenvalue weighted by Gasteiger charge is 2.40. The minimum atomic E-state index is -4.45. The van der Waals surface area contributed by atoms with Crippen molar-refractivity contribution in [1.29, 1.82) is 0 Å². The summed E-state index contributed by atoms with van der Waals surface area (Å²) in [5.74, 6) is -2.60. The first-order chi connectivity index (χ1) is 17.5. The van der Waals surface area contributed by atoms with Gasteiger partial charge in [0.2, 0.25) is 5.91 Å². The number of alkyl halides is 1. The highest BCUT2D eigenvalue weighted by Crippen LogP contribution is 2.36. The van der Waals surface area contributed by atoms with Crippen molar-refractivity contribution in [3.05, 3.63) is 53.6 Å². The van der Waals surface area contributed by atoms with Crippen LogP contribution in [0, 0.1) is 18.6 Å². The van der Waals surface area contributed by atoms with E-state index in [0.29, 0.717) is 0 Å². The van der Waals surface area contributed by atoms with Gasteiger partial charge in [-0.2, -0.15) is 8.42 Å². The Kier molecular flexibility index (Phi) is 7.64. The predicted molar refractivity (Wildman–Crippen MR) is 127 cm³/mol.